The number of nitrogens with zero attached hydrogens (tertiary/aromatic N) is 1. The fourth-order valence-corrected chi connectivity index (χ4v) is 4.71. The summed E-state index contributed by atoms with van der Waals surface area (Å²) < 4.78 is 17.0. The standard InChI is InChI=1S/C31H33NO6/c1-6-15-38-23-10-8-9-22(17-23)29(33)27-28(21-12-14-25(36-5)26(18-21)37-7-2)32(31(35)30(27)34)24-13-11-19(3)16-20(24)4/h8-14,16-18,28,33H,6-7,15H2,1-5H3/b29-27+. The Bertz CT molecular complexity index is 1390. The van der Waals surface area contributed by atoms with Gasteiger partial charge in [-0.05, 0) is 68.7 Å². The lowest BCUT2D eigenvalue weighted by Crippen LogP contribution is -2.30. The van der Waals surface area contributed by atoms with Crippen molar-refractivity contribution in [3.05, 3.63) is 88.5 Å². The molecular formula is C31H33NO6. The molecule has 0 aromatic heterocycles. The third kappa shape index (κ3) is 5.09. The summed E-state index contributed by atoms with van der Waals surface area (Å²) in [6.45, 7) is 8.65. The molecule has 1 saturated heterocycles. The lowest BCUT2D eigenvalue weighted by atomic mass is 9.94. The highest BCUT2D eigenvalue weighted by Gasteiger charge is 2.47. The van der Waals surface area contributed by atoms with E-state index in [4.69, 9.17) is 14.2 Å². The highest BCUT2D eigenvalue weighted by Crippen LogP contribution is 2.45. The van der Waals surface area contributed by atoms with Gasteiger partial charge in [-0.25, -0.2) is 0 Å². The SMILES string of the molecule is CCCOc1cccc(/C(O)=C2\C(=O)C(=O)N(c3ccc(C)cc3C)C2c2ccc(OC)c(OCC)c2)c1. The minimum absolute atomic E-state index is 0.00441. The molecule has 0 aliphatic carbocycles. The average Bonchev–Trinajstić information content (AvgIpc) is 3.17. The van der Waals surface area contributed by atoms with Crippen molar-refractivity contribution in [2.75, 3.05) is 25.2 Å². The minimum atomic E-state index is -0.887. The van der Waals surface area contributed by atoms with Crippen LogP contribution >= 0.6 is 0 Å². The van der Waals surface area contributed by atoms with E-state index >= 15 is 0 Å². The summed E-state index contributed by atoms with van der Waals surface area (Å²) in [7, 11) is 1.55. The molecular weight excluding hydrogens is 482 g/mol. The second-order valence-electron chi connectivity index (χ2n) is 9.18. The van der Waals surface area contributed by atoms with Gasteiger partial charge in [0.2, 0.25) is 0 Å². The average molecular weight is 516 g/mol. The van der Waals surface area contributed by atoms with Crippen molar-refractivity contribution in [1.29, 1.82) is 0 Å². The fourth-order valence-electron chi connectivity index (χ4n) is 4.71. The Hall–Kier alpha value is -4.26. The molecule has 3 aromatic rings. The third-order valence-electron chi connectivity index (χ3n) is 6.44. The molecule has 1 aliphatic heterocycles. The molecule has 0 spiro atoms. The maximum Gasteiger partial charge on any atom is 0.300 e. The largest absolute Gasteiger partial charge is 0.507 e. The maximum absolute atomic E-state index is 13.6. The van der Waals surface area contributed by atoms with Gasteiger partial charge in [0.05, 0.1) is 31.9 Å². The zero-order chi connectivity index (χ0) is 27.4. The monoisotopic (exact) mass is 515 g/mol. The predicted molar refractivity (Wildman–Crippen MR) is 147 cm³/mol. The van der Waals surface area contributed by atoms with Gasteiger partial charge in [0.25, 0.3) is 11.7 Å². The van der Waals surface area contributed by atoms with E-state index in [-0.39, 0.29) is 11.3 Å². The number of rotatable bonds is 9. The summed E-state index contributed by atoms with van der Waals surface area (Å²) in [5.41, 5.74) is 3.46. The number of methoxy groups -OCH3 is 1. The summed E-state index contributed by atoms with van der Waals surface area (Å²) in [6.07, 6.45) is 0.830. The van der Waals surface area contributed by atoms with Gasteiger partial charge >= 0.3 is 0 Å². The molecule has 1 N–H and O–H groups in total. The number of aryl methyl sites for hydroxylation is 2. The van der Waals surface area contributed by atoms with Gasteiger partial charge < -0.3 is 19.3 Å². The normalized spacial score (nSPS) is 16.6. The van der Waals surface area contributed by atoms with Crippen LogP contribution in [0.4, 0.5) is 5.69 Å². The lowest BCUT2D eigenvalue weighted by Gasteiger charge is -2.27. The molecule has 1 aliphatic rings. The number of hydrogen-bond donors (Lipinski definition) is 1. The summed E-state index contributed by atoms with van der Waals surface area (Å²) in [5, 5.41) is 11.5. The van der Waals surface area contributed by atoms with Crippen molar-refractivity contribution in [3.8, 4) is 17.2 Å². The van der Waals surface area contributed by atoms with E-state index in [1.807, 2.05) is 45.9 Å². The van der Waals surface area contributed by atoms with Crippen molar-refractivity contribution in [3.63, 3.8) is 0 Å². The molecule has 38 heavy (non-hydrogen) atoms. The summed E-state index contributed by atoms with van der Waals surface area (Å²) in [6, 6.07) is 17.0. The van der Waals surface area contributed by atoms with E-state index in [2.05, 4.69) is 0 Å². The Morgan fingerprint density at radius 2 is 1.74 bits per heavy atom. The number of anilines is 1. The molecule has 3 aromatic carbocycles. The highest BCUT2D eigenvalue weighted by atomic mass is 16.5. The van der Waals surface area contributed by atoms with Crippen LogP contribution in [0, 0.1) is 13.8 Å². The van der Waals surface area contributed by atoms with E-state index in [1.165, 1.54) is 4.90 Å². The van der Waals surface area contributed by atoms with Crippen LogP contribution in [-0.2, 0) is 9.59 Å². The van der Waals surface area contributed by atoms with Crippen LogP contribution in [-0.4, -0.2) is 37.1 Å². The second kappa shape index (κ2) is 11.4. The first-order chi connectivity index (χ1) is 18.3. The topological polar surface area (TPSA) is 85.3 Å². The molecule has 7 nitrogen and oxygen atoms in total. The molecule has 1 atom stereocenters. The van der Waals surface area contributed by atoms with Crippen molar-refractivity contribution in [1.82, 2.24) is 0 Å². The van der Waals surface area contributed by atoms with Crippen LogP contribution in [0.5, 0.6) is 17.2 Å². The van der Waals surface area contributed by atoms with Crippen LogP contribution in [0.15, 0.2) is 66.2 Å². The van der Waals surface area contributed by atoms with Crippen LogP contribution in [0.25, 0.3) is 5.76 Å². The zero-order valence-corrected chi connectivity index (χ0v) is 22.4. The first-order valence-electron chi connectivity index (χ1n) is 12.7. The van der Waals surface area contributed by atoms with Crippen LogP contribution < -0.4 is 19.1 Å². The van der Waals surface area contributed by atoms with Crippen LogP contribution in [0.2, 0.25) is 0 Å². The fraction of sp³-hybridized carbons (Fsp3) is 0.290. The van der Waals surface area contributed by atoms with Gasteiger partial charge in [-0.1, -0.05) is 42.8 Å². The Labute approximate surface area is 223 Å². The number of amides is 1. The Balaban J connectivity index is 1.95. The third-order valence-corrected chi connectivity index (χ3v) is 6.44. The molecule has 7 heteroatoms. The predicted octanol–water partition coefficient (Wildman–Crippen LogP) is 6.13. The number of Topliss-reactive ketones (excluding diaryl/α,β-unsaturated/α-hetero) is 1. The molecule has 1 heterocycles. The molecule has 1 fully saturated rings. The van der Waals surface area contributed by atoms with Crippen molar-refractivity contribution >= 4 is 23.1 Å². The van der Waals surface area contributed by atoms with Gasteiger partial charge in [-0.3, -0.25) is 14.5 Å². The van der Waals surface area contributed by atoms with Crippen LogP contribution in [0.1, 0.15) is 48.6 Å². The van der Waals surface area contributed by atoms with Gasteiger partial charge in [-0.2, -0.15) is 0 Å². The van der Waals surface area contributed by atoms with Gasteiger partial charge in [0, 0.05) is 11.3 Å². The molecule has 198 valence electrons. The lowest BCUT2D eigenvalue weighted by molar-refractivity contribution is -0.132. The number of carbonyl (C=O) groups excluding carboxylic acids is 2. The van der Waals surface area contributed by atoms with Gasteiger partial charge in [0.1, 0.15) is 11.5 Å². The number of ketones is 1. The first kappa shape index (κ1) is 26.8. The molecule has 0 radical (unpaired) electrons. The number of aliphatic hydroxyl groups is 1. The molecule has 1 amide bonds. The number of hydrogen-bond acceptors (Lipinski definition) is 6. The number of ether oxygens (including phenoxy) is 3. The van der Waals surface area contributed by atoms with E-state index in [1.54, 1.807) is 49.6 Å². The quantitative estimate of drug-likeness (QED) is 0.210. The Morgan fingerprint density at radius 1 is 0.947 bits per heavy atom. The number of aliphatic hydroxyl groups excluding tert-OH is 1. The Morgan fingerprint density at radius 3 is 2.42 bits per heavy atom. The minimum Gasteiger partial charge on any atom is -0.507 e. The van der Waals surface area contributed by atoms with Crippen molar-refractivity contribution in [2.45, 2.75) is 40.2 Å². The van der Waals surface area contributed by atoms with E-state index in [9.17, 15) is 14.7 Å². The zero-order valence-electron chi connectivity index (χ0n) is 22.4. The van der Waals surface area contributed by atoms with Gasteiger partial charge in [-0.15, -0.1) is 0 Å². The maximum atomic E-state index is 13.6. The number of benzene rings is 3. The number of carbonyl (C=O) groups is 2. The summed E-state index contributed by atoms with van der Waals surface area (Å²) in [4.78, 5) is 28.6. The second-order valence-corrected chi connectivity index (χ2v) is 9.18. The molecule has 4 rings (SSSR count). The molecule has 1 unspecified atom stereocenters. The molecule has 0 bridgehead atoms. The first-order valence-corrected chi connectivity index (χ1v) is 12.7. The molecule has 0 saturated carbocycles. The summed E-state index contributed by atoms with van der Waals surface area (Å²) >= 11 is 0. The highest BCUT2D eigenvalue weighted by molar-refractivity contribution is 6.51. The van der Waals surface area contributed by atoms with Crippen molar-refractivity contribution in [2.24, 2.45) is 0 Å². The van der Waals surface area contributed by atoms with Crippen molar-refractivity contribution < 1.29 is 28.9 Å². The van der Waals surface area contributed by atoms with Gasteiger partial charge in [0.15, 0.2) is 11.5 Å². The van der Waals surface area contributed by atoms with E-state index in [0.29, 0.717) is 47.3 Å². The smallest absolute Gasteiger partial charge is 0.300 e. The van der Waals surface area contributed by atoms with Crippen LogP contribution in [0.3, 0.4) is 0 Å². The summed E-state index contributed by atoms with van der Waals surface area (Å²) in [5.74, 6) is -0.166. The van der Waals surface area contributed by atoms with E-state index < -0.39 is 17.7 Å². The van der Waals surface area contributed by atoms with E-state index in [0.717, 1.165) is 17.5 Å². The Kier molecular flexibility index (Phi) is 8.05.